The lowest BCUT2D eigenvalue weighted by molar-refractivity contribution is 0.0955. The van der Waals surface area contributed by atoms with E-state index in [-0.39, 0.29) is 5.91 Å². The second-order valence-corrected chi connectivity index (χ2v) is 7.97. The third kappa shape index (κ3) is 4.55. The number of halogens is 1. The van der Waals surface area contributed by atoms with Gasteiger partial charge < -0.3 is 10.6 Å². The van der Waals surface area contributed by atoms with Crippen LogP contribution in [0.1, 0.15) is 15.9 Å². The molecule has 2 aromatic heterocycles. The van der Waals surface area contributed by atoms with E-state index in [1.807, 2.05) is 66.9 Å². The number of amides is 1. The summed E-state index contributed by atoms with van der Waals surface area (Å²) in [5.74, 6) is 1.28. The Morgan fingerprint density at radius 1 is 1.07 bits per heavy atom. The molecule has 0 aliphatic rings. The van der Waals surface area contributed by atoms with Gasteiger partial charge in [-0.3, -0.25) is 4.79 Å². The summed E-state index contributed by atoms with van der Waals surface area (Å²) in [7, 11) is 0. The molecule has 4 rings (SSSR count). The van der Waals surface area contributed by atoms with Crippen molar-refractivity contribution in [1.29, 1.82) is 0 Å². The number of hydrogen-bond acceptors (Lipinski definition) is 5. The summed E-state index contributed by atoms with van der Waals surface area (Å²) in [5, 5.41) is 9.76. The summed E-state index contributed by atoms with van der Waals surface area (Å²) in [5.41, 5.74) is 2.56. The summed E-state index contributed by atoms with van der Waals surface area (Å²) < 4.78 is 0. The number of thiophene rings is 1. The Balaban J connectivity index is 1.48. The quantitative estimate of drug-likeness (QED) is 0.421. The SMILES string of the molecule is Cc1ccc(C(=O)NCCNc2nc(-c3cccs3)nc3cc(Cl)ccc23)cc1. The van der Waals surface area contributed by atoms with Crippen LogP contribution >= 0.6 is 22.9 Å². The maximum atomic E-state index is 12.2. The average molecular weight is 423 g/mol. The van der Waals surface area contributed by atoms with Gasteiger partial charge in [0.05, 0.1) is 10.4 Å². The second-order valence-electron chi connectivity index (χ2n) is 6.58. The van der Waals surface area contributed by atoms with E-state index < -0.39 is 0 Å². The highest BCUT2D eigenvalue weighted by atomic mass is 35.5. The third-order valence-corrected chi connectivity index (χ3v) is 5.52. The first kappa shape index (κ1) is 19.4. The van der Waals surface area contributed by atoms with Crippen LogP contribution in [-0.4, -0.2) is 29.0 Å². The van der Waals surface area contributed by atoms with Crippen molar-refractivity contribution < 1.29 is 4.79 Å². The molecule has 146 valence electrons. The fourth-order valence-electron chi connectivity index (χ4n) is 2.92. The predicted octanol–water partition coefficient (Wildman–Crippen LogP) is 5.16. The maximum Gasteiger partial charge on any atom is 0.251 e. The van der Waals surface area contributed by atoms with Gasteiger partial charge in [-0.05, 0) is 48.7 Å². The molecule has 1 amide bonds. The van der Waals surface area contributed by atoms with E-state index in [0.717, 1.165) is 27.2 Å². The van der Waals surface area contributed by atoms with E-state index in [9.17, 15) is 4.79 Å². The molecule has 2 N–H and O–H groups in total. The fraction of sp³-hybridized carbons (Fsp3) is 0.136. The number of anilines is 1. The van der Waals surface area contributed by atoms with Crippen LogP contribution < -0.4 is 10.6 Å². The van der Waals surface area contributed by atoms with Crippen LogP contribution in [0.2, 0.25) is 5.02 Å². The van der Waals surface area contributed by atoms with Crippen LogP contribution in [0.15, 0.2) is 60.0 Å². The number of fused-ring (bicyclic) bond motifs is 1. The highest BCUT2D eigenvalue weighted by Crippen LogP contribution is 2.28. The van der Waals surface area contributed by atoms with Crippen molar-refractivity contribution in [2.75, 3.05) is 18.4 Å². The molecule has 2 aromatic carbocycles. The number of benzene rings is 2. The lowest BCUT2D eigenvalue weighted by Crippen LogP contribution is -2.28. The average Bonchev–Trinajstić information content (AvgIpc) is 3.26. The smallest absolute Gasteiger partial charge is 0.251 e. The van der Waals surface area contributed by atoms with Crippen LogP contribution in [0.5, 0.6) is 0 Å². The maximum absolute atomic E-state index is 12.2. The number of nitrogens with one attached hydrogen (secondary N) is 2. The van der Waals surface area contributed by atoms with Crippen molar-refractivity contribution in [1.82, 2.24) is 15.3 Å². The molecule has 29 heavy (non-hydrogen) atoms. The number of carbonyl (C=O) groups excluding carboxylic acids is 1. The molecule has 0 spiro atoms. The summed E-state index contributed by atoms with van der Waals surface area (Å²) in [4.78, 5) is 22.6. The zero-order valence-electron chi connectivity index (χ0n) is 15.8. The minimum Gasteiger partial charge on any atom is -0.368 e. The van der Waals surface area contributed by atoms with Crippen molar-refractivity contribution in [3.05, 3.63) is 76.1 Å². The van der Waals surface area contributed by atoms with E-state index in [0.29, 0.717) is 29.5 Å². The minimum absolute atomic E-state index is 0.0922. The van der Waals surface area contributed by atoms with Gasteiger partial charge in [-0.25, -0.2) is 9.97 Å². The van der Waals surface area contributed by atoms with Crippen molar-refractivity contribution in [3.8, 4) is 10.7 Å². The van der Waals surface area contributed by atoms with Crippen LogP contribution in [0.4, 0.5) is 5.82 Å². The van der Waals surface area contributed by atoms with Crippen molar-refractivity contribution >= 4 is 45.6 Å². The molecular formula is C22H19ClN4OS. The molecule has 0 radical (unpaired) electrons. The minimum atomic E-state index is -0.0922. The fourth-order valence-corrected chi connectivity index (χ4v) is 3.74. The number of aryl methyl sites for hydroxylation is 1. The Morgan fingerprint density at radius 3 is 2.66 bits per heavy atom. The molecule has 7 heteroatoms. The van der Waals surface area contributed by atoms with E-state index in [1.165, 1.54) is 0 Å². The molecule has 4 aromatic rings. The van der Waals surface area contributed by atoms with Gasteiger partial charge in [0.1, 0.15) is 5.82 Å². The standard InChI is InChI=1S/C22H19ClN4OS/c1-14-4-6-15(7-5-14)22(28)25-11-10-24-20-17-9-8-16(23)13-18(17)26-21(27-20)19-3-2-12-29-19/h2-9,12-13H,10-11H2,1H3,(H,25,28)(H,24,26,27). The number of aromatic nitrogens is 2. The second kappa shape index (κ2) is 8.59. The van der Waals surface area contributed by atoms with Gasteiger partial charge in [-0.2, -0.15) is 0 Å². The molecule has 0 saturated heterocycles. The zero-order valence-corrected chi connectivity index (χ0v) is 17.3. The number of carbonyl (C=O) groups is 1. The topological polar surface area (TPSA) is 66.9 Å². The van der Waals surface area contributed by atoms with Crippen LogP contribution in [0.3, 0.4) is 0 Å². The molecule has 0 aliphatic heterocycles. The highest BCUT2D eigenvalue weighted by Gasteiger charge is 2.11. The lowest BCUT2D eigenvalue weighted by atomic mass is 10.1. The molecule has 5 nitrogen and oxygen atoms in total. The number of rotatable bonds is 6. The van der Waals surface area contributed by atoms with Gasteiger partial charge in [0.2, 0.25) is 0 Å². The Bertz CT molecular complexity index is 1140. The molecule has 0 unspecified atom stereocenters. The first-order chi connectivity index (χ1) is 14.1. The Hall–Kier alpha value is -2.96. The van der Waals surface area contributed by atoms with Gasteiger partial charge >= 0.3 is 0 Å². The Labute approximate surface area is 177 Å². The number of hydrogen-bond donors (Lipinski definition) is 2. The van der Waals surface area contributed by atoms with Crippen LogP contribution in [-0.2, 0) is 0 Å². The molecule has 0 saturated carbocycles. The van der Waals surface area contributed by atoms with E-state index >= 15 is 0 Å². The normalized spacial score (nSPS) is 10.8. The first-order valence-electron chi connectivity index (χ1n) is 9.20. The highest BCUT2D eigenvalue weighted by molar-refractivity contribution is 7.13. The van der Waals surface area contributed by atoms with Crippen molar-refractivity contribution in [3.63, 3.8) is 0 Å². The summed E-state index contributed by atoms with van der Waals surface area (Å²) in [6.07, 6.45) is 0. The predicted molar refractivity (Wildman–Crippen MR) is 120 cm³/mol. The van der Waals surface area contributed by atoms with Crippen LogP contribution in [0.25, 0.3) is 21.6 Å². The monoisotopic (exact) mass is 422 g/mol. The van der Waals surface area contributed by atoms with Crippen LogP contribution in [0, 0.1) is 6.92 Å². The lowest BCUT2D eigenvalue weighted by Gasteiger charge is -2.11. The summed E-state index contributed by atoms with van der Waals surface area (Å²) in [6, 6.07) is 17.0. The Kier molecular flexibility index (Phi) is 5.74. The molecule has 0 bridgehead atoms. The van der Waals surface area contributed by atoms with Crippen molar-refractivity contribution in [2.24, 2.45) is 0 Å². The summed E-state index contributed by atoms with van der Waals surface area (Å²) >= 11 is 7.74. The van der Waals surface area contributed by atoms with Crippen molar-refractivity contribution in [2.45, 2.75) is 6.92 Å². The molecule has 2 heterocycles. The molecule has 0 atom stereocenters. The third-order valence-electron chi connectivity index (χ3n) is 4.42. The van der Waals surface area contributed by atoms with E-state index in [2.05, 4.69) is 20.6 Å². The zero-order chi connectivity index (χ0) is 20.2. The summed E-state index contributed by atoms with van der Waals surface area (Å²) in [6.45, 7) is 3.01. The van der Waals surface area contributed by atoms with E-state index in [1.54, 1.807) is 11.3 Å². The largest absolute Gasteiger partial charge is 0.368 e. The van der Waals surface area contributed by atoms with E-state index in [4.69, 9.17) is 11.6 Å². The van der Waals surface area contributed by atoms with Gasteiger partial charge in [-0.15, -0.1) is 11.3 Å². The molecule has 0 aliphatic carbocycles. The van der Waals surface area contributed by atoms with Gasteiger partial charge in [0, 0.05) is 29.1 Å². The first-order valence-corrected chi connectivity index (χ1v) is 10.5. The van der Waals surface area contributed by atoms with Gasteiger partial charge in [-0.1, -0.05) is 35.4 Å². The Morgan fingerprint density at radius 2 is 1.90 bits per heavy atom. The molecular weight excluding hydrogens is 404 g/mol. The van der Waals surface area contributed by atoms with Gasteiger partial charge in [0.25, 0.3) is 5.91 Å². The molecule has 0 fully saturated rings. The van der Waals surface area contributed by atoms with Gasteiger partial charge in [0.15, 0.2) is 5.82 Å². The number of nitrogens with zero attached hydrogens (tertiary/aromatic N) is 2.